The minimum Gasteiger partial charge on any atom is -0.377 e. The van der Waals surface area contributed by atoms with Gasteiger partial charge in [-0.1, -0.05) is 34.6 Å². The molecule has 1 aromatic carbocycles. The van der Waals surface area contributed by atoms with Crippen molar-refractivity contribution in [1.82, 2.24) is 4.90 Å². The molecule has 0 aromatic heterocycles. The molecule has 2 saturated heterocycles. The van der Waals surface area contributed by atoms with Gasteiger partial charge in [-0.2, -0.15) is 0 Å². The van der Waals surface area contributed by atoms with Crippen molar-refractivity contribution >= 4 is 23.8 Å². The molecular formula is C29H50ClN3O. The Morgan fingerprint density at radius 1 is 0.912 bits per heavy atom. The average molecular weight is 492 g/mol. The Labute approximate surface area is 215 Å². The van der Waals surface area contributed by atoms with E-state index in [-0.39, 0.29) is 12.4 Å². The smallest absolute Gasteiger partial charge is 0.0766 e. The largest absolute Gasteiger partial charge is 0.377 e. The molecule has 2 aliphatic heterocycles. The molecule has 0 bridgehead atoms. The number of anilines is 2. The topological polar surface area (TPSA) is 19.0 Å². The van der Waals surface area contributed by atoms with Gasteiger partial charge in [0.15, 0.2) is 0 Å². The van der Waals surface area contributed by atoms with E-state index in [2.05, 4.69) is 74.4 Å². The Kier molecular flexibility index (Phi) is 9.25. The molecule has 3 aliphatic rings. The van der Waals surface area contributed by atoms with E-state index in [0.717, 1.165) is 39.2 Å². The Balaban J connectivity index is 0.00000324. The van der Waals surface area contributed by atoms with Gasteiger partial charge >= 0.3 is 0 Å². The second kappa shape index (κ2) is 11.4. The Morgan fingerprint density at radius 2 is 1.59 bits per heavy atom. The van der Waals surface area contributed by atoms with Gasteiger partial charge in [-0.05, 0) is 86.1 Å². The molecule has 0 amide bonds. The summed E-state index contributed by atoms with van der Waals surface area (Å²) in [6.45, 7) is 23.3. The highest BCUT2D eigenvalue weighted by atomic mass is 35.5. The predicted octanol–water partition coefficient (Wildman–Crippen LogP) is 6.58. The molecule has 0 N–H and O–H groups in total. The SMILES string of the molecule is CCCN1CCN(c2ccc(N3CCC(OCC)C3)cc2C2CC(C)(C)CC(C)(C)C2)CC1.Cl. The summed E-state index contributed by atoms with van der Waals surface area (Å²) in [6.07, 6.45) is 6.70. The second-order valence-electron chi connectivity index (χ2n) is 12.5. The lowest BCUT2D eigenvalue weighted by atomic mass is 9.60. The molecule has 1 atom stereocenters. The number of hydrogen-bond acceptors (Lipinski definition) is 4. The maximum absolute atomic E-state index is 5.95. The van der Waals surface area contributed by atoms with Gasteiger partial charge in [0.25, 0.3) is 0 Å². The van der Waals surface area contributed by atoms with Crippen LogP contribution in [0.15, 0.2) is 18.2 Å². The number of halogens is 1. The summed E-state index contributed by atoms with van der Waals surface area (Å²) in [5.41, 5.74) is 5.31. The van der Waals surface area contributed by atoms with Crippen molar-refractivity contribution in [1.29, 1.82) is 0 Å². The Bertz CT molecular complexity index is 772. The fourth-order valence-electron chi connectivity index (χ4n) is 7.28. The van der Waals surface area contributed by atoms with Crippen molar-refractivity contribution in [2.75, 3.05) is 62.2 Å². The lowest BCUT2D eigenvalue weighted by Crippen LogP contribution is -2.47. The third-order valence-corrected chi connectivity index (χ3v) is 8.17. The Morgan fingerprint density at radius 3 is 2.21 bits per heavy atom. The van der Waals surface area contributed by atoms with E-state index < -0.39 is 0 Å². The van der Waals surface area contributed by atoms with Crippen molar-refractivity contribution in [3.05, 3.63) is 23.8 Å². The summed E-state index contributed by atoms with van der Waals surface area (Å²) in [6, 6.07) is 7.43. The van der Waals surface area contributed by atoms with Gasteiger partial charge in [0.1, 0.15) is 0 Å². The zero-order valence-electron chi connectivity index (χ0n) is 22.7. The van der Waals surface area contributed by atoms with Crippen LogP contribution in [-0.4, -0.2) is 63.4 Å². The summed E-state index contributed by atoms with van der Waals surface area (Å²) in [7, 11) is 0. The van der Waals surface area contributed by atoms with Gasteiger partial charge < -0.3 is 14.5 Å². The zero-order chi connectivity index (χ0) is 23.6. The highest BCUT2D eigenvalue weighted by molar-refractivity contribution is 5.85. The van der Waals surface area contributed by atoms with Crippen LogP contribution in [0.1, 0.15) is 85.1 Å². The molecular weight excluding hydrogens is 442 g/mol. The normalized spacial score (nSPS) is 25.4. The highest BCUT2D eigenvalue weighted by Crippen LogP contribution is 2.53. The van der Waals surface area contributed by atoms with Crippen LogP contribution < -0.4 is 9.80 Å². The predicted molar refractivity (Wildman–Crippen MR) is 149 cm³/mol. The summed E-state index contributed by atoms with van der Waals surface area (Å²) in [4.78, 5) is 7.88. The Hall–Kier alpha value is -0.970. The van der Waals surface area contributed by atoms with Gasteiger partial charge in [0.05, 0.1) is 6.10 Å². The number of rotatable bonds is 7. The number of hydrogen-bond donors (Lipinski definition) is 0. The van der Waals surface area contributed by atoms with Crippen LogP contribution in [0.5, 0.6) is 0 Å². The van der Waals surface area contributed by atoms with Crippen LogP contribution in [0.2, 0.25) is 0 Å². The first-order chi connectivity index (χ1) is 15.7. The first kappa shape index (κ1) is 27.6. The van der Waals surface area contributed by atoms with Crippen LogP contribution in [0.25, 0.3) is 0 Å². The van der Waals surface area contributed by atoms with Crippen molar-refractivity contribution < 1.29 is 4.74 Å². The van der Waals surface area contributed by atoms with Gasteiger partial charge in [0, 0.05) is 57.3 Å². The molecule has 1 aromatic rings. The summed E-state index contributed by atoms with van der Waals surface area (Å²) in [5, 5.41) is 0. The van der Waals surface area contributed by atoms with E-state index in [9.17, 15) is 0 Å². The van der Waals surface area contributed by atoms with Gasteiger partial charge in [0.2, 0.25) is 0 Å². The third-order valence-electron chi connectivity index (χ3n) is 8.17. The molecule has 194 valence electrons. The van der Waals surface area contributed by atoms with Gasteiger partial charge in [-0.15, -0.1) is 12.4 Å². The van der Waals surface area contributed by atoms with E-state index in [1.54, 1.807) is 5.56 Å². The molecule has 1 unspecified atom stereocenters. The van der Waals surface area contributed by atoms with Crippen LogP contribution in [0, 0.1) is 10.8 Å². The van der Waals surface area contributed by atoms with E-state index in [4.69, 9.17) is 4.74 Å². The quantitative estimate of drug-likeness (QED) is 0.429. The number of ether oxygens (including phenoxy) is 1. The van der Waals surface area contributed by atoms with Gasteiger partial charge in [-0.3, -0.25) is 4.90 Å². The molecule has 0 radical (unpaired) electrons. The van der Waals surface area contributed by atoms with Crippen LogP contribution >= 0.6 is 12.4 Å². The minimum absolute atomic E-state index is 0. The average Bonchev–Trinajstić information content (AvgIpc) is 3.21. The number of nitrogens with zero attached hydrogens (tertiary/aromatic N) is 3. The standard InChI is InChI=1S/C29H49N3O.ClH/c1-7-12-30-14-16-31(17-15-30)27-10-9-24(32-13-11-25(21-32)33-8-2)18-26(27)23-19-28(3,4)22-29(5,6)20-23;/h9-10,18,23,25H,7-8,11-17,19-22H2,1-6H3;1H. The molecule has 34 heavy (non-hydrogen) atoms. The lowest BCUT2D eigenvalue weighted by molar-refractivity contribution is 0.0787. The fourth-order valence-corrected chi connectivity index (χ4v) is 7.28. The van der Waals surface area contributed by atoms with E-state index >= 15 is 0 Å². The van der Waals surface area contributed by atoms with Crippen LogP contribution in [-0.2, 0) is 4.74 Å². The molecule has 2 heterocycles. The third kappa shape index (κ3) is 6.62. The first-order valence-corrected chi connectivity index (χ1v) is 13.7. The number of piperazine rings is 1. The zero-order valence-corrected chi connectivity index (χ0v) is 23.6. The number of benzene rings is 1. The van der Waals surface area contributed by atoms with E-state index in [0.29, 0.717) is 22.9 Å². The molecule has 0 spiro atoms. The molecule has 5 heteroatoms. The van der Waals surface area contributed by atoms with Crippen molar-refractivity contribution in [3.63, 3.8) is 0 Å². The molecule has 3 fully saturated rings. The van der Waals surface area contributed by atoms with Crippen molar-refractivity contribution in [3.8, 4) is 0 Å². The summed E-state index contributed by atoms with van der Waals surface area (Å²) < 4.78 is 5.95. The minimum atomic E-state index is 0. The molecule has 4 nitrogen and oxygen atoms in total. The fraction of sp³-hybridized carbons (Fsp3) is 0.793. The van der Waals surface area contributed by atoms with E-state index in [1.807, 2.05) is 0 Å². The maximum atomic E-state index is 5.95. The summed E-state index contributed by atoms with van der Waals surface area (Å²) in [5.74, 6) is 0.637. The highest BCUT2D eigenvalue weighted by Gasteiger charge is 2.40. The van der Waals surface area contributed by atoms with Crippen molar-refractivity contribution in [2.24, 2.45) is 10.8 Å². The molecule has 1 saturated carbocycles. The molecule has 4 rings (SSSR count). The maximum Gasteiger partial charge on any atom is 0.0766 e. The van der Waals surface area contributed by atoms with Crippen LogP contribution in [0.4, 0.5) is 11.4 Å². The first-order valence-electron chi connectivity index (χ1n) is 13.7. The summed E-state index contributed by atoms with van der Waals surface area (Å²) >= 11 is 0. The van der Waals surface area contributed by atoms with Crippen molar-refractivity contribution in [2.45, 2.75) is 85.7 Å². The lowest BCUT2D eigenvalue weighted by Gasteiger charge is -2.46. The van der Waals surface area contributed by atoms with Crippen LogP contribution in [0.3, 0.4) is 0 Å². The molecule has 1 aliphatic carbocycles. The van der Waals surface area contributed by atoms with Gasteiger partial charge in [-0.25, -0.2) is 0 Å². The second-order valence-corrected chi connectivity index (χ2v) is 12.5. The monoisotopic (exact) mass is 491 g/mol. The van der Waals surface area contributed by atoms with E-state index in [1.165, 1.54) is 56.7 Å².